The largest absolute Gasteiger partial charge is 0.486 e. The summed E-state index contributed by atoms with van der Waals surface area (Å²) in [5, 5.41) is 11.4. The van der Waals surface area contributed by atoms with Crippen LogP contribution in [0.2, 0.25) is 0 Å². The van der Waals surface area contributed by atoms with Gasteiger partial charge in [0.2, 0.25) is 0 Å². The van der Waals surface area contributed by atoms with Gasteiger partial charge in [-0.3, -0.25) is 4.79 Å². The molecule has 2 N–H and O–H groups in total. The maximum absolute atomic E-state index is 12.7. The average Bonchev–Trinajstić information content (AvgIpc) is 2.95. The average molecular weight is 293 g/mol. The second-order valence-corrected chi connectivity index (χ2v) is 4.57. The van der Waals surface area contributed by atoms with E-state index >= 15 is 0 Å². The molecule has 1 atom stereocenters. The van der Waals surface area contributed by atoms with Gasteiger partial charge >= 0.3 is 0 Å². The Balaban J connectivity index is 1.91. The summed E-state index contributed by atoms with van der Waals surface area (Å²) in [6, 6.07) is 8.43. The van der Waals surface area contributed by atoms with Gasteiger partial charge in [0.25, 0.3) is 5.91 Å². The van der Waals surface area contributed by atoms with Crippen LogP contribution in [0.4, 0.5) is 4.39 Å². The fraction of sp³-hybridized carbons (Fsp3) is 0.267. The van der Waals surface area contributed by atoms with Crippen molar-refractivity contribution in [1.82, 2.24) is 5.32 Å². The van der Waals surface area contributed by atoms with E-state index in [9.17, 15) is 9.18 Å². The standard InChI is InChI=1S/C15H16FNO4/c1-10(8-18)17-15(19)14-7-6-13(21-14)9-20-12-4-2-11(16)3-5-12/h2-7,10,18H,8-9H2,1H3,(H,17,19). The summed E-state index contributed by atoms with van der Waals surface area (Å²) in [6.45, 7) is 1.67. The van der Waals surface area contributed by atoms with Crippen LogP contribution in [0.25, 0.3) is 0 Å². The Morgan fingerprint density at radius 2 is 2.05 bits per heavy atom. The number of aliphatic hydroxyl groups is 1. The van der Waals surface area contributed by atoms with Crippen LogP contribution in [-0.4, -0.2) is 23.7 Å². The fourth-order valence-corrected chi connectivity index (χ4v) is 1.60. The van der Waals surface area contributed by atoms with Gasteiger partial charge in [-0.25, -0.2) is 4.39 Å². The highest BCUT2D eigenvalue weighted by Crippen LogP contribution is 2.15. The van der Waals surface area contributed by atoms with Crippen molar-refractivity contribution < 1.29 is 23.4 Å². The normalized spacial score (nSPS) is 12.0. The van der Waals surface area contributed by atoms with Gasteiger partial charge < -0.3 is 19.6 Å². The first-order chi connectivity index (χ1) is 10.1. The Kier molecular flexibility index (Phi) is 4.94. The molecule has 5 nitrogen and oxygen atoms in total. The predicted octanol–water partition coefficient (Wildman–Crippen LogP) is 2.11. The molecule has 1 heterocycles. The van der Waals surface area contributed by atoms with Gasteiger partial charge in [0.1, 0.15) is 23.9 Å². The minimum absolute atomic E-state index is 0.133. The van der Waals surface area contributed by atoms with Gasteiger partial charge in [-0.15, -0.1) is 0 Å². The molecular weight excluding hydrogens is 277 g/mol. The molecule has 1 amide bonds. The summed E-state index contributed by atoms with van der Waals surface area (Å²) in [5.41, 5.74) is 0. The van der Waals surface area contributed by atoms with Crippen LogP contribution in [0.1, 0.15) is 23.2 Å². The lowest BCUT2D eigenvalue weighted by Crippen LogP contribution is -2.34. The lowest BCUT2D eigenvalue weighted by molar-refractivity contribution is 0.0890. The maximum Gasteiger partial charge on any atom is 0.287 e. The minimum Gasteiger partial charge on any atom is -0.486 e. The van der Waals surface area contributed by atoms with E-state index in [1.54, 1.807) is 13.0 Å². The molecule has 0 spiro atoms. The number of halogens is 1. The fourth-order valence-electron chi connectivity index (χ4n) is 1.60. The highest BCUT2D eigenvalue weighted by molar-refractivity contribution is 5.91. The molecule has 0 aliphatic heterocycles. The van der Waals surface area contributed by atoms with Crippen molar-refractivity contribution in [1.29, 1.82) is 0 Å². The van der Waals surface area contributed by atoms with Crippen molar-refractivity contribution in [3.05, 3.63) is 53.7 Å². The van der Waals surface area contributed by atoms with E-state index in [-0.39, 0.29) is 30.8 Å². The molecule has 0 radical (unpaired) electrons. The van der Waals surface area contributed by atoms with Gasteiger partial charge in [-0.05, 0) is 43.3 Å². The third-order valence-electron chi connectivity index (χ3n) is 2.73. The van der Waals surface area contributed by atoms with Gasteiger partial charge in [-0.2, -0.15) is 0 Å². The first kappa shape index (κ1) is 15.1. The van der Waals surface area contributed by atoms with Gasteiger partial charge in [0.05, 0.1) is 6.61 Å². The molecule has 1 aromatic carbocycles. The second kappa shape index (κ2) is 6.90. The van der Waals surface area contributed by atoms with Gasteiger partial charge in [0.15, 0.2) is 5.76 Å². The Morgan fingerprint density at radius 3 is 2.71 bits per heavy atom. The number of rotatable bonds is 6. The number of hydrogen-bond acceptors (Lipinski definition) is 4. The zero-order valence-corrected chi connectivity index (χ0v) is 11.5. The number of ether oxygens (including phenoxy) is 1. The molecule has 21 heavy (non-hydrogen) atoms. The van der Waals surface area contributed by atoms with Crippen LogP contribution in [0.5, 0.6) is 5.75 Å². The number of benzene rings is 1. The van der Waals surface area contributed by atoms with E-state index in [0.717, 1.165) is 0 Å². The van der Waals surface area contributed by atoms with Crippen molar-refractivity contribution in [2.24, 2.45) is 0 Å². The molecule has 112 valence electrons. The Bertz CT molecular complexity index is 594. The number of amides is 1. The third-order valence-corrected chi connectivity index (χ3v) is 2.73. The first-order valence-corrected chi connectivity index (χ1v) is 6.47. The SMILES string of the molecule is CC(CO)NC(=O)c1ccc(COc2ccc(F)cc2)o1. The van der Waals surface area contributed by atoms with Crippen molar-refractivity contribution in [3.63, 3.8) is 0 Å². The van der Waals surface area contributed by atoms with E-state index in [1.165, 1.54) is 30.3 Å². The number of carbonyl (C=O) groups excluding carboxylic acids is 1. The Labute approximate surface area is 121 Å². The summed E-state index contributed by atoms with van der Waals surface area (Å²) < 4.78 is 23.5. The van der Waals surface area contributed by atoms with E-state index in [1.807, 2.05) is 0 Å². The first-order valence-electron chi connectivity index (χ1n) is 6.47. The van der Waals surface area contributed by atoms with Crippen molar-refractivity contribution in [2.75, 3.05) is 6.61 Å². The Morgan fingerprint density at radius 1 is 1.33 bits per heavy atom. The molecule has 2 rings (SSSR count). The topological polar surface area (TPSA) is 71.7 Å². The van der Waals surface area contributed by atoms with Crippen molar-refractivity contribution in [3.8, 4) is 5.75 Å². The number of hydrogen-bond donors (Lipinski definition) is 2. The molecule has 0 saturated heterocycles. The molecule has 0 aliphatic carbocycles. The van der Waals surface area contributed by atoms with Crippen LogP contribution < -0.4 is 10.1 Å². The van der Waals surface area contributed by atoms with E-state index in [2.05, 4.69) is 5.32 Å². The maximum atomic E-state index is 12.7. The van der Waals surface area contributed by atoms with Crippen molar-refractivity contribution in [2.45, 2.75) is 19.6 Å². The number of furan rings is 1. The quantitative estimate of drug-likeness (QED) is 0.855. The minimum atomic E-state index is -0.399. The highest BCUT2D eigenvalue weighted by atomic mass is 19.1. The van der Waals surface area contributed by atoms with Crippen LogP contribution in [0, 0.1) is 5.82 Å². The summed E-state index contributed by atoms with van der Waals surface area (Å²) in [5.74, 6) is 0.392. The second-order valence-electron chi connectivity index (χ2n) is 4.57. The monoisotopic (exact) mass is 293 g/mol. The third kappa shape index (κ3) is 4.32. The van der Waals surface area contributed by atoms with Crippen LogP contribution in [0.15, 0.2) is 40.8 Å². The Hall–Kier alpha value is -2.34. The number of aliphatic hydroxyl groups excluding tert-OH is 1. The van der Waals surface area contributed by atoms with Crippen LogP contribution in [-0.2, 0) is 6.61 Å². The summed E-state index contributed by atoms with van der Waals surface area (Å²) in [7, 11) is 0. The molecule has 0 fully saturated rings. The highest BCUT2D eigenvalue weighted by Gasteiger charge is 2.13. The zero-order chi connectivity index (χ0) is 15.2. The summed E-state index contributed by atoms with van der Waals surface area (Å²) in [4.78, 5) is 11.7. The van der Waals surface area contributed by atoms with Gasteiger partial charge in [-0.1, -0.05) is 0 Å². The van der Waals surface area contributed by atoms with Crippen LogP contribution in [0.3, 0.4) is 0 Å². The predicted molar refractivity (Wildman–Crippen MR) is 73.5 cm³/mol. The molecule has 1 aromatic heterocycles. The molecule has 1 unspecified atom stereocenters. The number of nitrogens with one attached hydrogen (secondary N) is 1. The van der Waals surface area contributed by atoms with Crippen LogP contribution >= 0.6 is 0 Å². The van der Waals surface area contributed by atoms with Crippen molar-refractivity contribution >= 4 is 5.91 Å². The zero-order valence-electron chi connectivity index (χ0n) is 11.5. The molecule has 6 heteroatoms. The lowest BCUT2D eigenvalue weighted by Gasteiger charge is -2.08. The lowest BCUT2D eigenvalue weighted by atomic mass is 10.3. The smallest absolute Gasteiger partial charge is 0.287 e. The summed E-state index contributed by atoms with van der Waals surface area (Å²) >= 11 is 0. The number of carbonyl (C=O) groups is 1. The molecule has 0 bridgehead atoms. The molecule has 0 aliphatic rings. The van der Waals surface area contributed by atoms with Gasteiger partial charge in [0, 0.05) is 6.04 Å². The molecule has 2 aromatic rings. The van der Waals surface area contributed by atoms with E-state index < -0.39 is 5.91 Å². The van der Waals surface area contributed by atoms with E-state index in [4.69, 9.17) is 14.3 Å². The van der Waals surface area contributed by atoms with E-state index in [0.29, 0.717) is 11.5 Å². The summed E-state index contributed by atoms with van der Waals surface area (Å²) in [6.07, 6.45) is 0. The molecular formula is C15H16FNO4. The molecule has 0 saturated carbocycles.